The molecule has 1 saturated heterocycles. The average Bonchev–Trinajstić information content (AvgIpc) is 3.19. The van der Waals surface area contributed by atoms with Gasteiger partial charge in [0.2, 0.25) is 0 Å². The van der Waals surface area contributed by atoms with Crippen molar-refractivity contribution in [3.63, 3.8) is 0 Å². The van der Waals surface area contributed by atoms with Gasteiger partial charge in [0.1, 0.15) is 0 Å². The summed E-state index contributed by atoms with van der Waals surface area (Å²) in [5.74, 6) is 0.742. The lowest BCUT2D eigenvalue weighted by Gasteiger charge is -2.35. The lowest BCUT2D eigenvalue weighted by Crippen LogP contribution is -2.53. The van der Waals surface area contributed by atoms with Crippen LogP contribution in [0.2, 0.25) is 0 Å². The van der Waals surface area contributed by atoms with Crippen molar-refractivity contribution in [2.45, 2.75) is 64.5 Å². The van der Waals surface area contributed by atoms with Gasteiger partial charge in [-0.2, -0.15) is 17.4 Å². The summed E-state index contributed by atoms with van der Waals surface area (Å²) in [7, 11) is -3.34. The molecule has 1 heterocycles. The highest BCUT2D eigenvalue weighted by Gasteiger charge is 2.33. The topological polar surface area (TPSA) is 61.4 Å². The van der Waals surface area contributed by atoms with Gasteiger partial charge in [-0.3, -0.25) is 0 Å². The first-order valence-electron chi connectivity index (χ1n) is 8.02. The highest BCUT2D eigenvalue weighted by Crippen LogP contribution is 2.33. The van der Waals surface area contributed by atoms with Crippen molar-refractivity contribution >= 4 is 10.2 Å². The Balaban J connectivity index is 1.93. The molecule has 0 aromatic heterocycles. The van der Waals surface area contributed by atoms with Gasteiger partial charge in [-0.05, 0) is 38.6 Å². The maximum Gasteiger partial charge on any atom is 0.279 e. The quantitative estimate of drug-likeness (QED) is 0.714. The molecule has 2 fully saturated rings. The van der Waals surface area contributed by atoms with Crippen LogP contribution in [0.5, 0.6) is 0 Å². The predicted octanol–water partition coefficient (Wildman–Crippen LogP) is 1.47. The van der Waals surface area contributed by atoms with E-state index in [1.165, 1.54) is 12.8 Å². The number of rotatable bonds is 8. The van der Waals surface area contributed by atoms with Crippen molar-refractivity contribution < 1.29 is 8.42 Å². The Labute approximate surface area is 123 Å². The monoisotopic (exact) mass is 303 g/mol. The van der Waals surface area contributed by atoms with Crippen molar-refractivity contribution in [3.8, 4) is 0 Å². The highest BCUT2D eigenvalue weighted by atomic mass is 32.2. The smallest absolute Gasteiger partial charge is 0.279 e. The van der Waals surface area contributed by atoms with Crippen molar-refractivity contribution in [2.75, 3.05) is 19.6 Å². The third-order valence-corrected chi connectivity index (χ3v) is 6.04. The van der Waals surface area contributed by atoms with Crippen LogP contribution in [0.15, 0.2) is 0 Å². The zero-order valence-electron chi connectivity index (χ0n) is 12.8. The van der Waals surface area contributed by atoms with E-state index < -0.39 is 10.2 Å². The van der Waals surface area contributed by atoms with Crippen molar-refractivity contribution in [1.29, 1.82) is 0 Å². The van der Waals surface area contributed by atoms with Gasteiger partial charge in [0.15, 0.2) is 0 Å². The van der Waals surface area contributed by atoms with Crippen LogP contribution in [-0.4, -0.2) is 44.4 Å². The maximum absolute atomic E-state index is 12.6. The van der Waals surface area contributed by atoms with Gasteiger partial charge in [0.25, 0.3) is 10.2 Å². The molecule has 0 aromatic rings. The van der Waals surface area contributed by atoms with Gasteiger partial charge in [-0.1, -0.05) is 26.2 Å². The minimum Gasteiger partial charge on any atom is -0.315 e. The molecule has 2 atom stereocenters. The molecule has 2 rings (SSSR count). The zero-order valence-corrected chi connectivity index (χ0v) is 13.6. The Hall–Kier alpha value is -0.170. The summed E-state index contributed by atoms with van der Waals surface area (Å²) in [5, 5.41) is 3.28. The molecule has 1 aliphatic heterocycles. The number of likely N-dealkylation sites (N-methyl/N-ethyl adjacent to an activating group) is 1. The molecule has 2 unspecified atom stereocenters. The van der Waals surface area contributed by atoms with E-state index in [9.17, 15) is 8.42 Å². The second-order valence-electron chi connectivity index (χ2n) is 6.27. The third-order valence-electron chi connectivity index (χ3n) is 4.25. The lowest BCUT2D eigenvalue weighted by atomic mass is 10.1. The zero-order chi connectivity index (χ0) is 14.6. The number of piperidine rings is 1. The van der Waals surface area contributed by atoms with Crippen molar-refractivity contribution in [3.05, 3.63) is 0 Å². The first kappa shape index (κ1) is 16.2. The molecule has 1 saturated carbocycles. The average molecular weight is 303 g/mol. The molecule has 1 aliphatic carbocycles. The molecule has 6 heteroatoms. The Kier molecular flexibility index (Phi) is 5.84. The fourth-order valence-corrected chi connectivity index (χ4v) is 4.71. The number of hydrogen-bond donors (Lipinski definition) is 2. The molecule has 2 aliphatic rings. The summed E-state index contributed by atoms with van der Waals surface area (Å²) in [5.41, 5.74) is 0. The van der Waals surface area contributed by atoms with E-state index in [4.69, 9.17) is 0 Å². The Morgan fingerprint density at radius 1 is 1.25 bits per heavy atom. The summed E-state index contributed by atoms with van der Waals surface area (Å²) in [6.07, 6.45) is 6.56. The summed E-state index contributed by atoms with van der Waals surface area (Å²) in [6.45, 7) is 6.34. The van der Waals surface area contributed by atoms with Crippen LogP contribution in [0.3, 0.4) is 0 Å². The minimum absolute atomic E-state index is 0.0502. The Morgan fingerprint density at radius 2 is 2.00 bits per heavy atom. The highest BCUT2D eigenvalue weighted by molar-refractivity contribution is 7.87. The second-order valence-corrected chi connectivity index (χ2v) is 7.93. The lowest BCUT2D eigenvalue weighted by molar-refractivity contribution is 0.242. The van der Waals surface area contributed by atoms with E-state index in [-0.39, 0.29) is 12.1 Å². The second kappa shape index (κ2) is 7.20. The molecule has 0 aromatic carbocycles. The molecule has 0 bridgehead atoms. The van der Waals surface area contributed by atoms with E-state index >= 15 is 0 Å². The molecule has 118 valence electrons. The molecule has 0 amide bonds. The van der Waals surface area contributed by atoms with Gasteiger partial charge in [0, 0.05) is 25.2 Å². The van der Waals surface area contributed by atoms with Crippen molar-refractivity contribution in [2.24, 2.45) is 5.92 Å². The molecule has 20 heavy (non-hydrogen) atoms. The van der Waals surface area contributed by atoms with E-state index in [0.29, 0.717) is 6.54 Å². The number of nitrogens with one attached hydrogen (secondary N) is 2. The van der Waals surface area contributed by atoms with Gasteiger partial charge >= 0.3 is 0 Å². The normalized spacial score (nSPS) is 26.6. The Bertz CT molecular complexity index is 395. The van der Waals surface area contributed by atoms with Crippen LogP contribution in [0.25, 0.3) is 0 Å². The van der Waals surface area contributed by atoms with Crippen LogP contribution in [0, 0.1) is 5.92 Å². The largest absolute Gasteiger partial charge is 0.315 e. The summed E-state index contributed by atoms with van der Waals surface area (Å²) >= 11 is 0. The van der Waals surface area contributed by atoms with E-state index in [0.717, 1.165) is 44.7 Å². The molecular formula is C14H29N3O2S. The van der Waals surface area contributed by atoms with Crippen molar-refractivity contribution in [1.82, 2.24) is 14.3 Å². The van der Waals surface area contributed by atoms with Gasteiger partial charge in [0.05, 0.1) is 0 Å². The van der Waals surface area contributed by atoms with E-state index in [1.54, 1.807) is 4.31 Å². The van der Waals surface area contributed by atoms with Gasteiger partial charge < -0.3 is 5.32 Å². The predicted molar refractivity (Wildman–Crippen MR) is 81.7 cm³/mol. The van der Waals surface area contributed by atoms with Crippen LogP contribution >= 0.6 is 0 Å². The summed E-state index contributed by atoms with van der Waals surface area (Å²) in [4.78, 5) is 0. The van der Waals surface area contributed by atoms with Crippen LogP contribution in [-0.2, 0) is 10.2 Å². The third kappa shape index (κ3) is 4.69. The van der Waals surface area contributed by atoms with Gasteiger partial charge in [-0.15, -0.1) is 0 Å². The molecule has 0 spiro atoms. The Morgan fingerprint density at radius 3 is 2.65 bits per heavy atom. The molecule has 5 nitrogen and oxygen atoms in total. The fourth-order valence-electron chi connectivity index (χ4n) is 3.03. The fraction of sp³-hybridized carbons (Fsp3) is 1.00. The summed E-state index contributed by atoms with van der Waals surface area (Å²) in [6, 6.07) is 0.156. The minimum atomic E-state index is -3.34. The standard InChI is InChI=1S/C14H29N3O2S/c1-3-15-11-14-6-4-5-9-17(14)20(18,19)16-12(2)10-13-7-8-13/h12-16H,3-11H2,1-2H3. The van der Waals surface area contributed by atoms with Crippen LogP contribution in [0.4, 0.5) is 0 Å². The van der Waals surface area contributed by atoms with Crippen LogP contribution < -0.4 is 10.0 Å². The van der Waals surface area contributed by atoms with Crippen LogP contribution in [0.1, 0.15) is 52.4 Å². The van der Waals surface area contributed by atoms with Gasteiger partial charge in [-0.25, -0.2) is 0 Å². The first-order valence-corrected chi connectivity index (χ1v) is 9.46. The number of hydrogen-bond acceptors (Lipinski definition) is 3. The molecule has 2 N–H and O–H groups in total. The first-order chi connectivity index (χ1) is 9.53. The van der Waals surface area contributed by atoms with E-state index in [2.05, 4.69) is 17.0 Å². The van der Waals surface area contributed by atoms with E-state index in [1.807, 2.05) is 6.92 Å². The molecule has 0 radical (unpaired) electrons. The maximum atomic E-state index is 12.6. The number of nitrogens with zero attached hydrogens (tertiary/aromatic N) is 1. The summed E-state index contributed by atoms with van der Waals surface area (Å²) < 4.78 is 29.7. The molecular weight excluding hydrogens is 274 g/mol. The SMILES string of the molecule is CCNCC1CCCCN1S(=O)(=O)NC(C)CC1CC1.